The van der Waals surface area contributed by atoms with E-state index in [1.807, 2.05) is 20.8 Å². The van der Waals surface area contributed by atoms with E-state index in [4.69, 9.17) is 11.6 Å². The Balaban J connectivity index is 0.00000167. The first-order chi connectivity index (χ1) is 16.8. The zero-order valence-electron chi connectivity index (χ0n) is 19.4. The van der Waals surface area contributed by atoms with Crippen molar-refractivity contribution in [2.75, 3.05) is 17.7 Å². The lowest BCUT2D eigenvalue weighted by molar-refractivity contribution is 0.257. The Morgan fingerprint density at radius 1 is 1.09 bits per heavy atom. The van der Waals surface area contributed by atoms with Crippen molar-refractivity contribution in [3.05, 3.63) is 79.3 Å². The average molecular weight is 534 g/mol. The number of nitrogens with zero attached hydrogens (tertiary/aromatic N) is 1. The number of hydrogen-bond acceptors (Lipinski definition) is 6. The third-order valence-electron chi connectivity index (χ3n) is 4.81. The van der Waals surface area contributed by atoms with E-state index in [1.54, 1.807) is 31.3 Å². The van der Waals surface area contributed by atoms with Gasteiger partial charge in [-0.1, -0.05) is 25.4 Å². The van der Waals surface area contributed by atoms with Gasteiger partial charge in [0, 0.05) is 18.4 Å². The number of carbonyl (C=O) groups excluding carboxylic acids is 1. The Labute approximate surface area is 212 Å². The number of carbonyl (C=O) groups is 1. The molecule has 0 aliphatic rings. The van der Waals surface area contributed by atoms with Crippen LogP contribution in [0.2, 0.25) is 4.34 Å². The molecule has 0 saturated heterocycles. The van der Waals surface area contributed by atoms with Crippen molar-refractivity contribution in [2.45, 2.75) is 25.0 Å². The van der Waals surface area contributed by atoms with E-state index < -0.39 is 28.3 Å². The van der Waals surface area contributed by atoms with Gasteiger partial charge in [0.1, 0.15) is 4.21 Å². The Morgan fingerprint density at radius 2 is 1.77 bits per heavy atom. The van der Waals surface area contributed by atoms with Crippen molar-refractivity contribution < 1.29 is 9.00 Å². The van der Waals surface area contributed by atoms with Crippen LogP contribution in [-0.4, -0.2) is 26.8 Å². The standard InChI is InChI=1S/C21H18ClN5O4S2.C2H6/c1-11-9-14-16(10-15(11)23-2)25-21(30)27(19(14)28)13-5-3-12(4-6-13)24-20(29)26-33(31)18-8-7-17(22)32-18;1-2/h3-10,23H,1-2H3,(H,25,30)(H2,24,26,29);1-2H3. The van der Waals surface area contributed by atoms with E-state index in [1.165, 1.54) is 24.3 Å². The average Bonchev–Trinajstić information content (AvgIpc) is 3.28. The first-order valence-corrected chi connectivity index (χ1v) is 12.9. The van der Waals surface area contributed by atoms with E-state index in [9.17, 15) is 18.6 Å². The number of thiophene rings is 1. The highest BCUT2D eigenvalue weighted by molar-refractivity contribution is 7.86. The minimum absolute atomic E-state index is 0.334. The number of fused-ring (bicyclic) bond motifs is 1. The second-order valence-electron chi connectivity index (χ2n) is 6.96. The smallest absolute Gasteiger partial charge is 0.333 e. The zero-order valence-corrected chi connectivity index (χ0v) is 21.8. The first kappa shape index (κ1) is 26.2. The van der Waals surface area contributed by atoms with Gasteiger partial charge in [-0.3, -0.25) is 9.52 Å². The van der Waals surface area contributed by atoms with Crippen LogP contribution in [-0.2, 0) is 11.0 Å². The lowest BCUT2D eigenvalue weighted by atomic mass is 10.1. The molecule has 4 aromatic rings. The summed E-state index contributed by atoms with van der Waals surface area (Å²) < 4.78 is 16.4. The first-order valence-electron chi connectivity index (χ1n) is 10.6. The predicted octanol–water partition coefficient (Wildman–Crippen LogP) is 4.61. The van der Waals surface area contributed by atoms with Gasteiger partial charge in [-0.15, -0.1) is 11.3 Å². The number of benzene rings is 2. The van der Waals surface area contributed by atoms with Gasteiger partial charge in [0.2, 0.25) is 0 Å². The maximum Gasteiger partial charge on any atom is 0.333 e. The maximum absolute atomic E-state index is 13.0. The molecule has 0 radical (unpaired) electrons. The number of aryl methyl sites for hydroxylation is 1. The highest BCUT2D eigenvalue weighted by Gasteiger charge is 2.13. The largest absolute Gasteiger partial charge is 0.388 e. The number of urea groups is 1. The molecule has 2 aromatic carbocycles. The molecule has 0 fully saturated rings. The normalized spacial score (nSPS) is 11.3. The molecule has 4 rings (SSSR count). The number of halogens is 1. The Morgan fingerprint density at radius 3 is 2.37 bits per heavy atom. The van der Waals surface area contributed by atoms with Crippen LogP contribution in [0.3, 0.4) is 0 Å². The number of anilines is 2. The molecular weight excluding hydrogens is 510 g/mol. The van der Waals surface area contributed by atoms with E-state index >= 15 is 0 Å². The highest BCUT2D eigenvalue weighted by atomic mass is 35.5. The van der Waals surface area contributed by atoms with Crippen LogP contribution in [0.25, 0.3) is 16.6 Å². The van der Waals surface area contributed by atoms with Gasteiger partial charge in [-0.25, -0.2) is 18.4 Å². The third-order valence-corrected chi connectivity index (χ3v) is 7.41. The van der Waals surface area contributed by atoms with Crippen molar-refractivity contribution >= 4 is 62.2 Å². The monoisotopic (exact) mass is 533 g/mol. The van der Waals surface area contributed by atoms with E-state index in [0.717, 1.165) is 27.2 Å². The van der Waals surface area contributed by atoms with Crippen LogP contribution >= 0.6 is 22.9 Å². The minimum atomic E-state index is -1.75. The number of hydrogen-bond donors (Lipinski definition) is 4. The Hall–Kier alpha value is -3.41. The van der Waals surface area contributed by atoms with Crippen molar-refractivity contribution in [3.8, 4) is 5.69 Å². The topological polar surface area (TPSA) is 125 Å². The number of amides is 2. The zero-order chi connectivity index (χ0) is 25.7. The summed E-state index contributed by atoms with van der Waals surface area (Å²) in [5.74, 6) is 0. The molecule has 2 aromatic heterocycles. The summed E-state index contributed by atoms with van der Waals surface area (Å²) in [5, 5.41) is 5.96. The lowest BCUT2D eigenvalue weighted by Gasteiger charge is -2.11. The second kappa shape index (κ2) is 11.3. The fraction of sp³-hybridized carbons (Fsp3) is 0.174. The Kier molecular flexibility index (Phi) is 8.49. The summed E-state index contributed by atoms with van der Waals surface area (Å²) in [5.41, 5.74) is 1.80. The van der Waals surface area contributed by atoms with Crippen molar-refractivity contribution in [1.29, 1.82) is 0 Å². The molecule has 12 heteroatoms. The number of H-pyrrole nitrogens is 1. The molecule has 2 heterocycles. The number of aromatic amines is 1. The molecule has 4 N–H and O–H groups in total. The van der Waals surface area contributed by atoms with Crippen LogP contribution in [0.4, 0.5) is 16.2 Å². The molecule has 0 aliphatic heterocycles. The molecule has 0 spiro atoms. The summed E-state index contributed by atoms with van der Waals surface area (Å²) in [6.07, 6.45) is 0. The van der Waals surface area contributed by atoms with Crippen molar-refractivity contribution in [2.24, 2.45) is 0 Å². The minimum Gasteiger partial charge on any atom is -0.388 e. The van der Waals surface area contributed by atoms with Gasteiger partial charge in [-0.2, -0.15) is 0 Å². The predicted molar refractivity (Wildman–Crippen MR) is 144 cm³/mol. The van der Waals surface area contributed by atoms with Crippen LogP contribution in [0.15, 0.2) is 62.3 Å². The molecule has 1 atom stereocenters. The van der Waals surface area contributed by atoms with Gasteiger partial charge in [0.05, 0.1) is 20.9 Å². The third kappa shape index (κ3) is 5.81. The van der Waals surface area contributed by atoms with E-state index in [2.05, 4.69) is 20.3 Å². The van der Waals surface area contributed by atoms with Gasteiger partial charge >= 0.3 is 11.7 Å². The second-order valence-corrected chi connectivity index (χ2v) is 10.1. The fourth-order valence-electron chi connectivity index (χ4n) is 3.26. The van der Waals surface area contributed by atoms with Gasteiger partial charge < -0.3 is 15.6 Å². The number of aromatic nitrogens is 2. The van der Waals surface area contributed by atoms with Gasteiger partial charge in [0.25, 0.3) is 5.56 Å². The number of rotatable bonds is 5. The molecule has 0 aliphatic carbocycles. The van der Waals surface area contributed by atoms with Crippen molar-refractivity contribution in [1.82, 2.24) is 14.3 Å². The van der Waals surface area contributed by atoms with E-state index in [-0.39, 0.29) is 0 Å². The molecule has 184 valence electrons. The summed E-state index contributed by atoms with van der Waals surface area (Å²) in [6, 6.07) is 12.0. The molecule has 1 unspecified atom stereocenters. The maximum atomic E-state index is 13.0. The lowest BCUT2D eigenvalue weighted by Crippen LogP contribution is -2.33. The van der Waals surface area contributed by atoms with Crippen LogP contribution in [0, 0.1) is 6.92 Å². The molecule has 2 amide bonds. The summed E-state index contributed by atoms with van der Waals surface area (Å²) >= 11 is 6.92. The number of nitrogens with one attached hydrogen (secondary N) is 4. The molecular formula is C23H24ClN5O4S2. The molecule has 35 heavy (non-hydrogen) atoms. The van der Waals surface area contributed by atoms with Crippen LogP contribution in [0.1, 0.15) is 19.4 Å². The molecule has 0 saturated carbocycles. The summed E-state index contributed by atoms with van der Waals surface area (Å²) in [4.78, 5) is 40.5. The van der Waals surface area contributed by atoms with Crippen LogP contribution < -0.4 is 26.6 Å². The summed E-state index contributed by atoms with van der Waals surface area (Å²) in [6.45, 7) is 5.87. The summed E-state index contributed by atoms with van der Waals surface area (Å²) in [7, 11) is 0.0147. The van der Waals surface area contributed by atoms with E-state index in [0.29, 0.717) is 30.8 Å². The molecule has 0 bridgehead atoms. The Bertz CT molecular complexity index is 1510. The van der Waals surface area contributed by atoms with Gasteiger partial charge in [-0.05, 0) is 61.0 Å². The van der Waals surface area contributed by atoms with Gasteiger partial charge in [0.15, 0.2) is 11.0 Å². The van der Waals surface area contributed by atoms with Crippen LogP contribution in [0.5, 0.6) is 0 Å². The SMILES string of the molecule is CC.CNc1cc2[nH]c(=O)n(-c3ccc(NC(=O)NS(=O)c4ccc(Cl)s4)cc3)c(=O)c2cc1C. The molecule has 9 nitrogen and oxygen atoms in total. The fourth-order valence-corrected chi connectivity index (χ4v) is 5.38. The van der Waals surface area contributed by atoms with Crippen molar-refractivity contribution in [3.63, 3.8) is 0 Å². The quantitative estimate of drug-likeness (QED) is 0.298. The highest BCUT2D eigenvalue weighted by Crippen LogP contribution is 2.23.